The largest absolute Gasteiger partial charge is 0.496 e. The van der Waals surface area contributed by atoms with Gasteiger partial charge in [-0.3, -0.25) is 19.3 Å². The number of hydrogen-bond donors (Lipinski definition) is 1. The Morgan fingerprint density at radius 2 is 1.73 bits per heavy atom. The molecule has 12 nitrogen and oxygen atoms in total. The van der Waals surface area contributed by atoms with Gasteiger partial charge in [0.05, 0.1) is 44.4 Å². The Morgan fingerprint density at radius 1 is 0.918 bits per heavy atom. The lowest BCUT2D eigenvalue weighted by atomic mass is 9.93. The molecule has 0 atom stereocenters. The zero-order chi connectivity index (χ0) is 33.9. The molecule has 7 rings (SSSR count). The number of hydrogen-bond acceptors (Lipinski definition) is 8. The van der Waals surface area contributed by atoms with Gasteiger partial charge in [-0.2, -0.15) is 0 Å². The molecule has 0 unspecified atom stereocenters. The van der Waals surface area contributed by atoms with Crippen LogP contribution in [0, 0.1) is 5.82 Å². The first-order chi connectivity index (χ1) is 23.9. The number of aromatic nitrogens is 5. The average Bonchev–Trinajstić information content (AvgIpc) is 3.85. The van der Waals surface area contributed by atoms with E-state index in [1.165, 1.54) is 0 Å². The predicted molar refractivity (Wildman–Crippen MR) is 183 cm³/mol. The van der Waals surface area contributed by atoms with Crippen molar-refractivity contribution in [2.24, 2.45) is 0 Å². The Bertz CT molecular complexity index is 2020. The topological polar surface area (TPSA) is 122 Å². The number of nitrogens with one attached hydrogen (secondary N) is 1. The fraction of sp³-hybridized carbons (Fsp3) is 0.306. The maximum absolute atomic E-state index is 16.6. The van der Waals surface area contributed by atoms with Gasteiger partial charge < -0.3 is 29.2 Å². The van der Waals surface area contributed by atoms with Gasteiger partial charge in [0.2, 0.25) is 5.91 Å². The zero-order valence-electron chi connectivity index (χ0n) is 27.4. The first-order valence-corrected chi connectivity index (χ1v) is 16.3. The van der Waals surface area contributed by atoms with Gasteiger partial charge in [0.25, 0.3) is 5.91 Å². The van der Waals surface area contributed by atoms with Gasteiger partial charge >= 0.3 is 0 Å². The SMILES string of the molecule is COc1ccccc1-c1cc(C2=CCCN(C(=O)CCn3ccnn3)C2)c(F)c2[nH]c(C(=O)N3CCN(c4cnccc4OC)CC3)cc12. The number of anilines is 1. The average molecular weight is 665 g/mol. The summed E-state index contributed by atoms with van der Waals surface area (Å²) in [4.78, 5) is 40.1. The molecule has 5 aromatic rings. The van der Waals surface area contributed by atoms with Crippen LogP contribution in [0.4, 0.5) is 10.1 Å². The highest BCUT2D eigenvalue weighted by Crippen LogP contribution is 2.40. The Hall–Kier alpha value is -5.72. The molecule has 2 aliphatic rings. The molecule has 0 radical (unpaired) electrons. The number of benzene rings is 2. The number of carbonyl (C=O) groups excluding carboxylic acids is 2. The number of methoxy groups -OCH3 is 2. The lowest BCUT2D eigenvalue weighted by molar-refractivity contribution is -0.131. The molecule has 2 aromatic carbocycles. The molecule has 0 saturated carbocycles. The highest BCUT2D eigenvalue weighted by Gasteiger charge is 2.28. The van der Waals surface area contributed by atoms with Gasteiger partial charge in [0, 0.05) is 80.7 Å². The van der Waals surface area contributed by atoms with E-state index in [0.717, 1.165) is 22.6 Å². The quantitative estimate of drug-likeness (QED) is 0.242. The van der Waals surface area contributed by atoms with Crippen LogP contribution in [-0.4, -0.2) is 100 Å². The summed E-state index contributed by atoms with van der Waals surface area (Å²) in [7, 11) is 3.22. The molecule has 0 spiro atoms. The normalized spacial score (nSPS) is 15.0. The summed E-state index contributed by atoms with van der Waals surface area (Å²) in [6.45, 7) is 3.38. The molecule has 2 amide bonds. The van der Waals surface area contributed by atoms with Crippen molar-refractivity contribution in [3.8, 4) is 22.6 Å². The number of piperazine rings is 1. The first-order valence-electron chi connectivity index (χ1n) is 16.3. The summed E-state index contributed by atoms with van der Waals surface area (Å²) in [5, 5.41) is 8.31. The van der Waals surface area contributed by atoms with E-state index < -0.39 is 5.82 Å². The Labute approximate surface area is 282 Å². The summed E-state index contributed by atoms with van der Waals surface area (Å²) in [5.74, 6) is 0.640. The highest BCUT2D eigenvalue weighted by atomic mass is 19.1. The molecule has 1 fully saturated rings. The molecule has 5 heterocycles. The molecule has 0 bridgehead atoms. The number of para-hydroxylation sites is 1. The molecular weight excluding hydrogens is 627 g/mol. The standard InChI is InChI=1S/C36H37FN8O4/c1-48-31-8-4-3-7-25(31)27-20-26(24-6-5-13-44(23-24)33(46)10-14-45-15-12-39-41-45)34(37)35-28(27)21-29(40-35)36(47)43-18-16-42(17-19-43)30-22-38-11-9-32(30)49-2/h3-4,6-9,11-12,15,20-22,40H,5,10,13-14,16-19,23H2,1-2H3. The van der Waals surface area contributed by atoms with Crippen molar-refractivity contribution in [1.29, 1.82) is 0 Å². The molecule has 0 aliphatic carbocycles. The number of carbonyl (C=O) groups is 2. The minimum Gasteiger partial charge on any atom is -0.496 e. The number of amides is 2. The lowest BCUT2D eigenvalue weighted by Gasteiger charge is -2.36. The van der Waals surface area contributed by atoms with Gasteiger partial charge in [-0.25, -0.2) is 4.39 Å². The third-order valence-electron chi connectivity index (χ3n) is 9.25. The first kappa shape index (κ1) is 31.9. The lowest BCUT2D eigenvalue weighted by Crippen LogP contribution is -2.49. The highest BCUT2D eigenvalue weighted by molar-refractivity contribution is 6.05. The van der Waals surface area contributed by atoms with E-state index in [2.05, 4.69) is 25.2 Å². The summed E-state index contributed by atoms with van der Waals surface area (Å²) in [6.07, 6.45) is 9.59. The van der Waals surface area contributed by atoms with Crippen LogP contribution >= 0.6 is 0 Å². The van der Waals surface area contributed by atoms with Gasteiger partial charge in [-0.1, -0.05) is 29.5 Å². The number of pyridine rings is 1. The Kier molecular flexibility index (Phi) is 8.97. The van der Waals surface area contributed by atoms with Crippen LogP contribution < -0.4 is 14.4 Å². The van der Waals surface area contributed by atoms with Crippen molar-refractivity contribution in [2.75, 3.05) is 58.4 Å². The second-order valence-corrected chi connectivity index (χ2v) is 12.0. The van der Waals surface area contributed by atoms with Crippen LogP contribution in [0.1, 0.15) is 28.9 Å². The summed E-state index contributed by atoms with van der Waals surface area (Å²) >= 11 is 0. The number of nitrogens with zero attached hydrogens (tertiary/aromatic N) is 7. The number of aromatic amines is 1. The molecule has 1 N–H and O–H groups in total. The zero-order valence-corrected chi connectivity index (χ0v) is 27.4. The molecule has 49 heavy (non-hydrogen) atoms. The van der Waals surface area contributed by atoms with Gasteiger partial charge in [-0.15, -0.1) is 5.10 Å². The predicted octanol–water partition coefficient (Wildman–Crippen LogP) is 4.65. The molecule has 252 valence electrons. The molecule has 3 aromatic heterocycles. The third kappa shape index (κ3) is 6.31. The second kappa shape index (κ2) is 13.8. The fourth-order valence-corrected chi connectivity index (χ4v) is 6.68. The van der Waals surface area contributed by atoms with Crippen LogP contribution in [0.5, 0.6) is 11.5 Å². The molecular formula is C36H37FN8O4. The van der Waals surface area contributed by atoms with Gasteiger partial charge in [-0.05, 0) is 35.8 Å². The number of fused-ring (bicyclic) bond motifs is 1. The van der Waals surface area contributed by atoms with E-state index in [-0.39, 0.29) is 30.3 Å². The van der Waals surface area contributed by atoms with E-state index >= 15 is 4.39 Å². The van der Waals surface area contributed by atoms with Crippen molar-refractivity contribution in [2.45, 2.75) is 19.4 Å². The maximum Gasteiger partial charge on any atom is 0.270 e. The van der Waals surface area contributed by atoms with Crippen molar-refractivity contribution in [1.82, 2.24) is 34.8 Å². The smallest absolute Gasteiger partial charge is 0.270 e. The summed E-state index contributed by atoms with van der Waals surface area (Å²) in [5.41, 5.74) is 4.00. The summed E-state index contributed by atoms with van der Waals surface area (Å²) < 4.78 is 29.5. The Morgan fingerprint density at radius 3 is 2.51 bits per heavy atom. The van der Waals surface area contributed by atoms with E-state index in [1.54, 1.807) is 59.6 Å². The van der Waals surface area contributed by atoms with E-state index in [0.29, 0.717) is 73.7 Å². The second-order valence-electron chi connectivity index (χ2n) is 12.0. The van der Waals surface area contributed by atoms with Crippen LogP contribution in [0.15, 0.2) is 73.3 Å². The fourth-order valence-electron chi connectivity index (χ4n) is 6.68. The molecule has 1 saturated heterocycles. The Balaban J connectivity index is 1.19. The number of rotatable bonds is 9. The van der Waals surface area contributed by atoms with Gasteiger partial charge in [0.1, 0.15) is 17.2 Å². The van der Waals surface area contributed by atoms with Crippen LogP contribution in [0.3, 0.4) is 0 Å². The van der Waals surface area contributed by atoms with Crippen molar-refractivity contribution in [3.63, 3.8) is 0 Å². The number of H-pyrrole nitrogens is 1. The number of aryl methyl sites for hydroxylation is 1. The van der Waals surface area contributed by atoms with Gasteiger partial charge in [0.15, 0.2) is 5.82 Å². The monoisotopic (exact) mass is 664 g/mol. The van der Waals surface area contributed by atoms with Crippen molar-refractivity contribution >= 4 is 34.0 Å². The third-order valence-corrected chi connectivity index (χ3v) is 9.25. The minimum absolute atomic E-state index is 0.0395. The molecule has 2 aliphatic heterocycles. The maximum atomic E-state index is 16.6. The minimum atomic E-state index is -0.468. The van der Waals surface area contributed by atoms with Crippen LogP contribution in [0.2, 0.25) is 0 Å². The van der Waals surface area contributed by atoms with Crippen molar-refractivity contribution < 1.29 is 23.5 Å². The van der Waals surface area contributed by atoms with E-state index in [9.17, 15) is 9.59 Å². The number of ether oxygens (including phenoxy) is 2. The van der Waals surface area contributed by atoms with Crippen LogP contribution in [-0.2, 0) is 11.3 Å². The summed E-state index contributed by atoms with van der Waals surface area (Å²) in [6, 6.07) is 12.9. The van der Waals surface area contributed by atoms with Crippen LogP contribution in [0.25, 0.3) is 27.6 Å². The van der Waals surface area contributed by atoms with E-state index in [4.69, 9.17) is 9.47 Å². The molecule has 13 heteroatoms. The van der Waals surface area contributed by atoms with E-state index in [1.807, 2.05) is 42.5 Å². The number of halogens is 1. The van der Waals surface area contributed by atoms with Crippen molar-refractivity contribution in [3.05, 3.63) is 90.4 Å².